The number of carbonyl (C=O) groups excluding carboxylic acids is 1. The number of rotatable bonds is 3. The summed E-state index contributed by atoms with van der Waals surface area (Å²) in [6, 6.07) is 8.93. The number of benzene rings is 1. The van der Waals surface area contributed by atoms with Gasteiger partial charge in [-0.2, -0.15) is 0 Å². The molecule has 1 aromatic heterocycles. The molecule has 0 atom stereocenters. The number of amides is 1. The molecule has 4 rings (SSSR count). The van der Waals surface area contributed by atoms with Crippen molar-refractivity contribution in [1.29, 1.82) is 0 Å². The molecule has 26 heavy (non-hydrogen) atoms. The Bertz CT molecular complexity index is 808. The Hall–Kier alpha value is -2.10. The summed E-state index contributed by atoms with van der Waals surface area (Å²) in [7, 11) is 0. The highest BCUT2D eigenvalue weighted by atomic mass is 16.2. The van der Waals surface area contributed by atoms with E-state index in [2.05, 4.69) is 47.9 Å². The first kappa shape index (κ1) is 17.3. The standard InChI is InChI=1S/C22H29N3O/c1-3-18-16(2)23-20-9-5-4-8-19(20)22(18)24-14-11-17(12-15-24)25-13-7-6-10-21(25)26/h4-5,8-9,17H,3,6-7,10-15H2,1-2H3. The van der Waals surface area contributed by atoms with Crippen LogP contribution in [0.3, 0.4) is 0 Å². The molecule has 0 N–H and O–H groups in total. The first-order chi connectivity index (χ1) is 12.7. The molecule has 0 bridgehead atoms. The van der Waals surface area contributed by atoms with Crippen LogP contribution in [0.25, 0.3) is 10.9 Å². The molecule has 2 fully saturated rings. The van der Waals surface area contributed by atoms with Gasteiger partial charge in [-0.1, -0.05) is 25.1 Å². The van der Waals surface area contributed by atoms with E-state index in [1.807, 2.05) is 0 Å². The zero-order valence-electron chi connectivity index (χ0n) is 16.0. The van der Waals surface area contributed by atoms with Gasteiger partial charge in [0.15, 0.2) is 0 Å². The first-order valence-electron chi connectivity index (χ1n) is 10.1. The molecule has 4 heteroatoms. The largest absolute Gasteiger partial charge is 0.371 e. The van der Waals surface area contributed by atoms with Crippen molar-refractivity contribution in [3.05, 3.63) is 35.5 Å². The van der Waals surface area contributed by atoms with Crippen molar-refractivity contribution in [2.45, 2.75) is 58.4 Å². The highest BCUT2D eigenvalue weighted by molar-refractivity contribution is 5.94. The highest BCUT2D eigenvalue weighted by Gasteiger charge is 2.30. The maximum absolute atomic E-state index is 12.3. The molecule has 2 aromatic rings. The maximum Gasteiger partial charge on any atom is 0.222 e. The fraction of sp³-hybridized carbons (Fsp3) is 0.545. The normalized spacial score (nSPS) is 19.4. The lowest BCUT2D eigenvalue weighted by Gasteiger charge is -2.41. The molecule has 0 spiro atoms. The second-order valence-corrected chi connectivity index (χ2v) is 7.66. The Kier molecular flexibility index (Phi) is 4.84. The van der Waals surface area contributed by atoms with Crippen molar-refractivity contribution >= 4 is 22.5 Å². The van der Waals surface area contributed by atoms with Crippen molar-refractivity contribution in [3.8, 4) is 0 Å². The molecule has 0 radical (unpaired) electrons. The van der Waals surface area contributed by atoms with Crippen LogP contribution < -0.4 is 4.90 Å². The van der Waals surface area contributed by atoms with Gasteiger partial charge in [-0.25, -0.2) is 0 Å². The molecule has 3 heterocycles. The number of piperidine rings is 2. The minimum atomic E-state index is 0.370. The highest BCUT2D eigenvalue weighted by Crippen LogP contribution is 2.34. The summed E-state index contributed by atoms with van der Waals surface area (Å²) in [5.41, 5.74) is 4.98. The molecule has 0 saturated carbocycles. The summed E-state index contributed by atoms with van der Waals surface area (Å²) in [4.78, 5) is 21.8. The van der Waals surface area contributed by atoms with Crippen LogP contribution in [0.15, 0.2) is 24.3 Å². The number of para-hydroxylation sites is 1. The predicted molar refractivity (Wildman–Crippen MR) is 107 cm³/mol. The lowest BCUT2D eigenvalue weighted by molar-refractivity contribution is -0.136. The number of fused-ring (bicyclic) bond motifs is 1. The summed E-state index contributed by atoms with van der Waals surface area (Å²) < 4.78 is 0. The number of likely N-dealkylation sites (tertiary alicyclic amines) is 1. The number of anilines is 1. The van der Waals surface area contributed by atoms with Gasteiger partial charge in [-0.05, 0) is 50.7 Å². The van der Waals surface area contributed by atoms with Crippen LogP contribution in [-0.4, -0.2) is 41.5 Å². The minimum absolute atomic E-state index is 0.370. The molecule has 138 valence electrons. The quantitative estimate of drug-likeness (QED) is 0.836. The fourth-order valence-corrected chi connectivity index (χ4v) is 4.75. The number of carbonyl (C=O) groups is 1. The molecule has 0 aliphatic carbocycles. The Balaban J connectivity index is 1.60. The summed E-state index contributed by atoms with van der Waals surface area (Å²) in [5, 5.41) is 1.27. The van der Waals surface area contributed by atoms with Crippen molar-refractivity contribution < 1.29 is 4.79 Å². The van der Waals surface area contributed by atoms with Crippen LogP contribution in [0, 0.1) is 6.92 Å². The molecular weight excluding hydrogens is 322 g/mol. The van der Waals surface area contributed by atoms with Gasteiger partial charge in [-0.15, -0.1) is 0 Å². The number of hydrogen-bond donors (Lipinski definition) is 0. The van der Waals surface area contributed by atoms with Crippen LogP contribution in [0.4, 0.5) is 5.69 Å². The number of aromatic nitrogens is 1. The second kappa shape index (κ2) is 7.26. The molecule has 2 aliphatic rings. The van der Waals surface area contributed by atoms with E-state index in [1.165, 1.54) is 23.1 Å². The molecule has 0 unspecified atom stereocenters. The van der Waals surface area contributed by atoms with Crippen molar-refractivity contribution in [2.75, 3.05) is 24.5 Å². The average Bonchev–Trinajstić information content (AvgIpc) is 2.67. The third kappa shape index (κ3) is 3.06. The van der Waals surface area contributed by atoms with E-state index in [-0.39, 0.29) is 0 Å². The molecule has 1 amide bonds. The molecule has 1 aromatic carbocycles. The van der Waals surface area contributed by atoms with E-state index < -0.39 is 0 Å². The van der Waals surface area contributed by atoms with Gasteiger partial charge in [0.25, 0.3) is 0 Å². The van der Waals surface area contributed by atoms with Gasteiger partial charge >= 0.3 is 0 Å². The van der Waals surface area contributed by atoms with Crippen LogP contribution in [0.2, 0.25) is 0 Å². The molecule has 4 nitrogen and oxygen atoms in total. The van der Waals surface area contributed by atoms with Crippen molar-refractivity contribution in [1.82, 2.24) is 9.88 Å². The number of pyridine rings is 1. The van der Waals surface area contributed by atoms with Gasteiger partial charge < -0.3 is 9.80 Å². The van der Waals surface area contributed by atoms with Gasteiger partial charge in [-0.3, -0.25) is 9.78 Å². The summed E-state index contributed by atoms with van der Waals surface area (Å²) in [5.74, 6) is 0.370. The van der Waals surface area contributed by atoms with Gasteiger partial charge in [0.2, 0.25) is 5.91 Å². The van der Waals surface area contributed by atoms with E-state index in [1.54, 1.807) is 0 Å². The average molecular weight is 351 g/mol. The molecule has 2 aliphatic heterocycles. The SMILES string of the molecule is CCc1c(C)nc2ccccc2c1N1CCC(N2CCCCC2=O)CC1. The smallest absolute Gasteiger partial charge is 0.222 e. The van der Waals surface area contributed by atoms with Crippen LogP contribution >= 0.6 is 0 Å². The third-order valence-electron chi connectivity index (χ3n) is 6.10. The van der Waals surface area contributed by atoms with Crippen LogP contribution in [0.1, 0.15) is 50.3 Å². The third-order valence-corrected chi connectivity index (χ3v) is 6.10. The summed E-state index contributed by atoms with van der Waals surface area (Å²) in [6.45, 7) is 7.36. The maximum atomic E-state index is 12.3. The van der Waals surface area contributed by atoms with Crippen molar-refractivity contribution in [3.63, 3.8) is 0 Å². The number of aryl methyl sites for hydroxylation is 1. The van der Waals surface area contributed by atoms with Gasteiger partial charge in [0.05, 0.1) is 11.2 Å². The molecular formula is C22H29N3O. The summed E-state index contributed by atoms with van der Waals surface area (Å²) in [6.07, 6.45) is 6.13. The Morgan fingerprint density at radius 2 is 1.88 bits per heavy atom. The van der Waals surface area contributed by atoms with E-state index in [4.69, 9.17) is 4.98 Å². The lowest BCUT2D eigenvalue weighted by Crippen LogP contribution is -2.49. The summed E-state index contributed by atoms with van der Waals surface area (Å²) >= 11 is 0. The van der Waals surface area contributed by atoms with Crippen LogP contribution in [-0.2, 0) is 11.2 Å². The van der Waals surface area contributed by atoms with E-state index in [0.29, 0.717) is 11.9 Å². The van der Waals surface area contributed by atoms with Crippen molar-refractivity contribution in [2.24, 2.45) is 0 Å². The predicted octanol–water partition coefficient (Wildman–Crippen LogP) is 4.09. The van der Waals surface area contributed by atoms with E-state index >= 15 is 0 Å². The first-order valence-corrected chi connectivity index (χ1v) is 10.1. The Morgan fingerprint density at radius 1 is 1.12 bits per heavy atom. The zero-order chi connectivity index (χ0) is 18.1. The van der Waals surface area contributed by atoms with E-state index in [0.717, 1.165) is 62.9 Å². The topological polar surface area (TPSA) is 36.4 Å². The van der Waals surface area contributed by atoms with Gasteiger partial charge in [0.1, 0.15) is 0 Å². The molecule has 2 saturated heterocycles. The number of hydrogen-bond acceptors (Lipinski definition) is 3. The van der Waals surface area contributed by atoms with E-state index in [9.17, 15) is 4.79 Å². The minimum Gasteiger partial charge on any atom is -0.371 e. The monoisotopic (exact) mass is 351 g/mol. The van der Waals surface area contributed by atoms with Crippen LogP contribution in [0.5, 0.6) is 0 Å². The Labute approximate surface area is 156 Å². The fourth-order valence-electron chi connectivity index (χ4n) is 4.75. The second-order valence-electron chi connectivity index (χ2n) is 7.66. The lowest BCUT2D eigenvalue weighted by atomic mass is 9.96. The van der Waals surface area contributed by atoms with Gasteiger partial charge in [0, 0.05) is 43.2 Å². The zero-order valence-corrected chi connectivity index (χ0v) is 16.0. The Morgan fingerprint density at radius 3 is 2.62 bits per heavy atom. The number of nitrogens with zero attached hydrogens (tertiary/aromatic N) is 3.